The Labute approximate surface area is 111 Å². The Morgan fingerprint density at radius 3 is 2.22 bits per heavy atom. The average molecular weight is 255 g/mol. The molecule has 0 atom stereocenters. The zero-order valence-electron chi connectivity index (χ0n) is 9.64. The summed E-state index contributed by atoms with van der Waals surface area (Å²) in [5, 5.41) is 0.751. The van der Waals surface area contributed by atoms with E-state index in [1.54, 1.807) is 6.26 Å². The monoisotopic (exact) mass is 254 g/mol. The second kappa shape index (κ2) is 4.71. The number of furan rings is 1. The maximum Gasteiger partial charge on any atom is 0.133 e. The maximum atomic E-state index is 5.90. The van der Waals surface area contributed by atoms with Gasteiger partial charge in [0, 0.05) is 10.6 Å². The molecule has 1 aromatic heterocycles. The van der Waals surface area contributed by atoms with Crippen molar-refractivity contribution in [1.82, 2.24) is 0 Å². The lowest BCUT2D eigenvalue weighted by molar-refractivity contribution is 0.582. The zero-order valence-corrected chi connectivity index (χ0v) is 10.4. The van der Waals surface area contributed by atoms with Gasteiger partial charge in [0.2, 0.25) is 0 Å². The summed E-state index contributed by atoms with van der Waals surface area (Å²) in [5.41, 5.74) is 3.38. The Hall–Kier alpha value is -1.99. The highest BCUT2D eigenvalue weighted by molar-refractivity contribution is 6.30. The first-order valence-corrected chi connectivity index (χ1v) is 6.10. The predicted octanol–water partition coefficient (Wildman–Crippen LogP) is 5.27. The van der Waals surface area contributed by atoms with E-state index in [9.17, 15) is 0 Å². The van der Waals surface area contributed by atoms with Crippen molar-refractivity contribution in [2.24, 2.45) is 0 Å². The minimum Gasteiger partial charge on any atom is -0.464 e. The second-order valence-corrected chi connectivity index (χ2v) is 4.50. The van der Waals surface area contributed by atoms with E-state index >= 15 is 0 Å². The van der Waals surface area contributed by atoms with Crippen LogP contribution in [0.25, 0.3) is 22.5 Å². The summed E-state index contributed by atoms with van der Waals surface area (Å²) < 4.78 is 5.41. The van der Waals surface area contributed by atoms with Crippen molar-refractivity contribution in [2.75, 3.05) is 0 Å². The fraction of sp³-hybridized carbons (Fsp3) is 0. The van der Waals surface area contributed by atoms with E-state index in [4.69, 9.17) is 16.0 Å². The number of hydrogen-bond acceptors (Lipinski definition) is 1. The topological polar surface area (TPSA) is 13.1 Å². The molecule has 2 heteroatoms. The molecule has 0 saturated heterocycles. The van der Waals surface area contributed by atoms with Gasteiger partial charge in [0.25, 0.3) is 0 Å². The van der Waals surface area contributed by atoms with E-state index in [1.807, 2.05) is 48.5 Å². The van der Waals surface area contributed by atoms with E-state index in [-0.39, 0.29) is 0 Å². The summed E-state index contributed by atoms with van der Waals surface area (Å²) in [4.78, 5) is 0. The quantitative estimate of drug-likeness (QED) is 0.607. The summed E-state index contributed by atoms with van der Waals surface area (Å²) in [5.74, 6) is 0.880. The molecule has 0 saturated carbocycles. The van der Waals surface area contributed by atoms with Crippen molar-refractivity contribution < 1.29 is 4.42 Å². The molecule has 0 N–H and O–H groups in total. The van der Waals surface area contributed by atoms with Crippen molar-refractivity contribution in [3.05, 3.63) is 71.9 Å². The molecule has 0 bridgehead atoms. The minimum atomic E-state index is 0.751. The number of benzene rings is 2. The van der Waals surface area contributed by atoms with Gasteiger partial charge in [0.05, 0.1) is 6.26 Å². The smallest absolute Gasteiger partial charge is 0.133 e. The van der Waals surface area contributed by atoms with Crippen molar-refractivity contribution >= 4 is 11.6 Å². The fourth-order valence-corrected chi connectivity index (χ4v) is 2.06. The summed E-state index contributed by atoms with van der Waals surface area (Å²) in [6.45, 7) is 0. The van der Waals surface area contributed by atoms with Gasteiger partial charge < -0.3 is 4.42 Å². The van der Waals surface area contributed by atoms with E-state index in [1.165, 1.54) is 0 Å². The van der Waals surface area contributed by atoms with Gasteiger partial charge in [-0.15, -0.1) is 0 Å². The van der Waals surface area contributed by atoms with Crippen LogP contribution < -0.4 is 0 Å². The molecule has 0 fully saturated rings. The molecule has 1 nitrogen and oxygen atoms in total. The van der Waals surface area contributed by atoms with Crippen molar-refractivity contribution in [2.45, 2.75) is 0 Å². The minimum absolute atomic E-state index is 0.751. The Morgan fingerprint density at radius 1 is 0.722 bits per heavy atom. The molecular formula is C16H11ClO. The van der Waals surface area contributed by atoms with Crippen LogP contribution >= 0.6 is 11.6 Å². The Morgan fingerprint density at radius 2 is 1.50 bits per heavy atom. The van der Waals surface area contributed by atoms with Crippen LogP contribution in [0, 0.1) is 0 Å². The van der Waals surface area contributed by atoms with Crippen molar-refractivity contribution in [1.29, 1.82) is 0 Å². The van der Waals surface area contributed by atoms with Gasteiger partial charge in [-0.1, -0.05) is 41.9 Å². The largest absolute Gasteiger partial charge is 0.464 e. The number of hydrogen-bond donors (Lipinski definition) is 0. The lowest BCUT2D eigenvalue weighted by atomic mass is 10.0. The molecule has 1 heterocycles. The second-order valence-electron chi connectivity index (χ2n) is 4.06. The van der Waals surface area contributed by atoms with Gasteiger partial charge in [-0.3, -0.25) is 0 Å². The van der Waals surface area contributed by atoms with Crippen LogP contribution in [0.1, 0.15) is 0 Å². The first-order valence-electron chi connectivity index (χ1n) is 5.73. The van der Waals surface area contributed by atoms with E-state index in [0.29, 0.717) is 0 Å². The molecule has 0 aliphatic heterocycles. The van der Waals surface area contributed by atoms with Gasteiger partial charge in [0.1, 0.15) is 5.76 Å². The highest BCUT2D eigenvalue weighted by Gasteiger charge is 2.03. The summed E-state index contributed by atoms with van der Waals surface area (Å²) in [7, 11) is 0. The summed E-state index contributed by atoms with van der Waals surface area (Å²) in [6, 6.07) is 19.9. The van der Waals surface area contributed by atoms with Gasteiger partial charge in [-0.2, -0.15) is 0 Å². The number of rotatable bonds is 2. The van der Waals surface area contributed by atoms with Crippen LogP contribution in [0.15, 0.2) is 71.3 Å². The third kappa shape index (κ3) is 2.18. The highest BCUT2D eigenvalue weighted by Crippen LogP contribution is 2.27. The molecule has 2 aromatic carbocycles. The molecule has 88 valence electrons. The SMILES string of the molecule is Clc1ccc(-c2cccc(-c3ccco3)c2)cc1. The first kappa shape index (κ1) is 11.1. The highest BCUT2D eigenvalue weighted by atomic mass is 35.5. The molecule has 3 rings (SSSR count). The lowest BCUT2D eigenvalue weighted by Gasteiger charge is -2.04. The van der Waals surface area contributed by atoms with Crippen LogP contribution in [0.4, 0.5) is 0 Å². The third-order valence-electron chi connectivity index (χ3n) is 2.85. The van der Waals surface area contributed by atoms with Crippen LogP contribution in [0.3, 0.4) is 0 Å². The zero-order chi connectivity index (χ0) is 12.4. The fourth-order valence-electron chi connectivity index (χ4n) is 1.94. The first-order chi connectivity index (χ1) is 8.83. The van der Waals surface area contributed by atoms with Crippen LogP contribution in [0.2, 0.25) is 5.02 Å². The van der Waals surface area contributed by atoms with Gasteiger partial charge >= 0.3 is 0 Å². The van der Waals surface area contributed by atoms with Crippen molar-refractivity contribution in [3.8, 4) is 22.5 Å². The summed E-state index contributed by atoms with van der Waals surface area (Å²) in [6.07, 6.45) is 1.68. The molecule has 0 spiro atoms. The van der Waals surface area contributed by atoms with Gasteiger partial charge in [0.15, 0.2) is 0 Å². The van der Waals surface area contributed by atoms with E-state index in [2.05, 4.69) is 12.1 Å². The Bertz CT molecular complexity index is 639. The average Bonchev–Trinajstić information content (AvgIpc) is 2.94. The molecule has 0 amide bonds. The molecule has 0 unspecified atom stereocenters. The third-order valence-corrected chi connectivity index (χ3v) is 3.10. The lowest BCUT2D eigenvalue weighted by Crippen LogP contribution is -1.79. The van der Waals surface area contributed by atoms with E-state index in [0.717, 1.165) is 27.5 Å². The van der Waals surface area contributed by atoms with Gasteiger partial charge in [-0.25, -0.2) is 0 Å². The maximum absolute atomic E-state index is 5.90. The normalized spacial score (nSPS) is 10.5. The molecular weight excluding hydrogens is 244 g/mol. The van der Waals surface area contributed by atoms with Gasteiger partial charge in [-0.05, 0) is 41.5 Å². The number of halogens is 1. The van der Waals surface area contributed by atoms with Crippen LogP contribution in [-0.2, 0) is 0 Å². The van der Waals surface area contributed by atoms with Crippen LogP contribution in [-0.4, -0.2) is 0 Å². The molecule has 0 aliphatic rings. The molecule has 0 aliphatic carbocycles. The Balaban J connectivity index is 2.03. The summed E-state index contributed by atoms with van der Waals surface area (Å²) >= 11 is 5.90. The Kier molecular flexibility index (Phi) is 2.91. The predicted molar refractivity (Wildman–Crippen MR) is 74.6 cm³/mol. The van der Waals surface area contributed by atoms with E-state index < -0.39 is 0 Å². The molecule has 18 heavy (non-hydrogen) atoms. The standard InChI is InChI=1S/C16H11ClO/c17-15-8-6-12(7-9-15)13-3-1-4-14(11-13)16-5-2-10-18-16/h1-11H. The molecule has 3 aromatic rings. The van der Waals surface area contributed by atoms with Crippen molar-refractivity contribution in [3.63, 3.8) is 0 Å². The molecule has 0 radical (unpaired) electrons. The van der Waals surface area contributed by atoms with Crippen LogP contribution in [0.5, 0.6) is 0 Å².